The molecule has 2 N–H and O–H groups in total. The molecule has 19 heavy (non-hydrogen) atoms. The van der Waals surface area contributed by atoms with Gasteiger partial charge < -0.3 is 10.6 Å². The molecule has 1 unspecified atom stereocenters. The molecule has 0 amide bonds. The van der Waals surface area contributed by atoms with Crippen LogP contribution >= 0.6 is 23.1 Å². The first kappa shape index (κ1) is 13.0. The van der Waals surface area contributed by atoms with Crippen LogP contribution in [-0.2, 0) is 6.42 Å². The van der Waals surface area contributed by atoms with Gasteiger partial charge in [-0.05, 0) is 24.7 Å². The van der Waals surface area contributed by atoms with E-state index in [-0.39, 0.29) is 0 Å². The van der Waals surface area contributed by atoms with E-state index in [1.807, 2.05) is 11.8 Å². The normalized spacial score (nSPS) is 19.2. The van der Waals surface area contributed by atoms with E-state index >= 15 is 0 Å². The van der Waals surface area contributed by atoms with Crippen molar-refractivity contribution in [3.05, 3.63) is 10.9 Å². The van der Waals surface area contributed by atoms with Crippen molar-refractivity contribution in [1.29, 1.82) is 0 Å². The maximum absolute atomic E-state index is 5.86. The van der Waals surface area contributed by atoms with Gasteiger partial charge in [-0.1, -0.05) is 6.92 Å². The summed E-state index contributed by atoms with van der Waals surface area (Å²) in [5.41, 5.74) is 5.86. The smallest absolute Gasteiger partial charge is 0.223 e. The van der Waals surface area contributed by atoms with Crippen molar-refractivity contribution in [2.24, 2.45) is 0 Å². The minimum atomic E-state index is 0.379. The summed E-state index contributed by atoms with van der Waals surface area (Å²) in [6.45, 7) is 2.17. The van der Waals surface area contributed by atoms with Gasteiger partial charge in [0.25, 0.3) is 0 Å². The first-order valence-corrected chi connectivity index (χ1v) is 8.52. The molecule has 0 aromatic carbocycles. The maximum atomic E-state index is 5.86. The van der Waals surface area contributed by atoms with Crippen LogP contribution in [0.2, 0.25) is 0 Å². The molecular weight excluding hydrogens is 276 g/mol. The minimum absolute atomic E-state index is 0.379. The van der Waals surface area contributed by atoms with E-state index in [1.165, 1.54) is 22.8 Å². The predicted octanol–water partition coefficient (Wildman–Crippen LogP) is 2.78. The van der Waals surface area contributed by atoms with Crippen LogP contribution in [0, 0.1) is 0 Å². The van der Waals surface area contributed by atoms with Crippen molar-refractivity contribution in [3.63, 3.8) is 0 Å². The van der Waals surface area contributed by atoms with Crippen molar-refractivity contribution < 1.29 is 0 Å². The number of nitrogens with two attached hydrogens (primary N) is 1. The first-order chi connectivity index (χ1) is 9.19. The molecular formula is C13H18N4S2. The molecule has 0 bridgehead atoms. The van der Waals surface area contributed by atoms with Gasteiger partial charge in [0, 0.05) is 23.7 Å². The summed E-state index contributed by atoms with van der Waals surface area (Å²) in [4.78, 5) is 13.5. The minimum Gasteiger partial charge on any atom is -0.368 e. The highest BCUT2D eigenvalue weighted by molar-refractivity contribution is 7.99. The molecule has 6 heteroatoms. The van der Waals surface area contributed by atoms with E-state index in [9.17, 15) is 0 Å². The first-order valence-electron chi connectivity index (χ1n) is 6.55. The molecule has 0 saturated carbocycles. The zero-order valence-corrected chi connectivity index (χ0v) is 12.9. The summed E-state index contributed by atoms with van der Waals surface area (Å²) in [6, 6.07) is 2.78. The van der Waals surface area contributed by atoms with Gasteiger partial charge in [-0.3, -0.25) is 0 Å². The highest BCUT2D eigenvalue weighted by Crippen LogP contribution is 2.34. The van der Waals surface area contributed by atoms with Crippen molar-refractivity contribution in [2.45, 2.75) is 25.8 Å². The van der Waals surface area contributed by atoms with Crippen LogP contribution in [0.15, 0.2) is 6.07 Å². The van der Waals surface area contributed by atoms with Crippen LogP contribution in [0.25, 0.3) is 10.2 Å². The molecule has 4 nitrogen and oxygen atoms in total. The number of nitrogen functional groups attached to an aromatic ring is 1. The van der Waals surface area contributed by atoms with Gasteiger partial charge in [-0.2, -0.15) is 16.7 Å². The molecule has 1 atom stereocenters. The number of hydrogen-bond donors (Lipinski definition) is 1. The molecule has 0 aliphatic carbocycles. The number of nitrogens with zero attached hydrogens (tertiary/aromatic N) is 3. The highest BCUT2D eigenvalue weighted by atomic mass is 32.2. The monoisotopic (exact) mass is 294 g/mol. The second-order valence-corrected chi connectivity index (χ2v) is 7.08. The van der Waals surface area contributed by atoms with E-state index in [0.29, 0.717) is 12.0 Å². The van der Waals surface area contributed by atoms with Crippen molar-refractivity contribution in [3.8, 4) is 0 Å². The lowest BCUT2D eigenvalue weighted by Gasteiger charge is -2.25. The van der Waals surface area contributed by atoms with Gasteiger partial charge >= 0.3 is 0 Å². The standard InChI is InChI=1S/C13H18N4S2/c1-3-9-6-10-11(15-13(14)16-12(10)19-9)17(2)8-4-5-18-7-8/h6,8H,3-5,7H2,1-2H3,(H2,14,15,16). The van der Waals surface area contributed by atoms with E-state index in [4.69, 9.17) is 5.73 Å². The number of rotatable bonds is 3. The predicted molar refractivity (Wildman–Crippen MR) is 85.3 cm³/mol. The number of aromatic nitrogens is 2. The van der Waals surface area contributed by atoms with Gasteiger partial charge in [0.15, 0.2) is 0 Å². The second kappa shape index (κ2) is 5.17. The van der Waals surface area contributed by atoms with Gasteiger partial charge in [0.05, 0.1) is 5.39 Å². The number of anilines is 2. The molecule has 2 aromatic rings. The van der Waals surface area contributed by atoms with Gasteiger partial charge in [-0.25, -0.2) is 4.98 Å². The number of thiophene rings is 1. The molecule has 2 aromatic heterocycles. The van der Waals surface area contributed by atoms with Crippen LogP contribution in [0.5, 0.6) is 0 Å². The third kappa shape index (κ3) is 2.39. The van der Waals surface area contributed by atoms with E-state index in [0.717, 1.165) is 22.5 Å². The number of aryl methyl sites for hydroxylation is 1. The fourth-order valence-corrected chi connectivity index (χ4v) is 4.65. The summed E-state index contributed by atoms with van der Waals surface area (Å²) >= 11 is 3.73. The third-order valence-corrected chi connectivity index (χ3v) is 5.89. The average molecular weight is 294 g/mol. The highest BCUT2D eigenvalue weighted by Gasteiger charge is 2.23. The lowest BCUT2D eigenvalue weighted by Crippen LogP contribution is -2.32. The second-order valence-electron chi connectivity index (χ2n) is 4.82. The Labute approximate surface area is 121 Å². The summed E-state index contributed by atoms with van der Waals surface area (Å²) in [7, 11) is 2.13. The number of fused-ring (bicyclic) bond motifs is 1. The van der Waals surface area contributed by atoms with Crippen molar-refractivity contribution in [1.82, 2.24) is 9.97 Å². The molecule has 1 aliphatic heterocycles. The van der Waals surface area contributed by atoms with Gasteiger partial charge in [0.2, 0.25) is 5.95 Å². The number of thioether (sulfide) groups is 1. The SMILES string of the molecule is CCc1cc2c(N(C)C3CCSC3)nc(N)nc2s1. The van der Waals surface area contributed by atoms with Gasteiger partial charge in [0.1, 0.15) is 10.6 Å². The summed E-state index contributed by atoms with van der Waals surface area (Å²) in [5, 5.41) is 1.15. The molecule has 3 rings (SSSR count). The Balaban J connectivity index is 2.07. The Morgan fingerprint density at radius 1 is 1.47 bits per heavy atom. The molecule has 102 valence electrons. The fraction of sp³-hybridized carbons (Fsp3) is 0.538. The molecule has 3 heterocycles. The topological polar surface area (TPSA) is 55.0 Å². The summed E-state index contributed by atoms with van der Waals surface area (Å²) in [6.07, 6.45) is 2.25. The van der Waals surface area contributed by atoms with Crippen LogP contribution < -0.4 is 10.6 Å². The molecule has 0 radical (unpaired) electrons. The maximum Gasteiger partial charge on any atom is 0.223 e. The Bertz CT molecular complexity index is 590. The van der Waals surface area contributed by atoms with Gasteiger partial charge in [-0.15, -0.1) is 11.3 Å². The summed E-state index contributed by atoms with van der Waals surface area (Å²) in [5.74, 6) is 3.78. The van der Waals surface area contributed by atoms with Crippen LogP contribution in [0.4, 0.5) is 11.8 Å². The lowest BCUT2D eigenvalue weighted by molar-refractivity contribution is 0.694. The lowest BCUT2D eigenvalue weighted by atomic mass is 10.2. The zero-order chi connectivity index (χ0) is 13.4. The Hall–Kier alpha value is -1.01. The van der Waals surface area contributed by atoms with Crippen molar-refractivity contribution in [2.75, 3.05) is 29.2 Å². The quantitative estimate of drug-likeness (QED) is 0.943. The number of hydrogen-bond acceptors (Lipinski definition) is 6. The molecule has 0 spiro atoms. The zero-order valence-electron chi connectivity index (χ0n) is 11.2. The van der Waals surface area contributed by atoms with Crippen molar-refractivity contribution >= 4 is 45.1 Å². The van der Waals surface area contributed by atoms with E-state index in [1.54, 1.807) is 11.3 Å². The molecule has 1 aliphatic rings. The van der Waals surface area contributed by atoms with Crippen LogP contribution in [-0.4, -0.2) is 34.6 Å². The molecule has 1 saturated heterocycles. The van der Waals surface area contributed by atoms with Crippen LogP contribution in [0.1, 0.15) is 18.2 Å². The fourth-order valence-electron chi connectivity index (χ4n) is 2.42. The Morgan fingerprint density at radius 3 is 3.00 bits per heavy atom. The van der Waals surface area contributed by atoms with E-state index in [2.05, 4.69) is 34.9 Å². The molecule has 1 fully saturated rings. The third-order valence-electron chi connectivity index (χ3n) is 3.58. The summed E-state index contributed by atoms with van der Waals surface area (Å²) < 4.78 is 0. The van der Waals surface area contributed by atoms with E-state index < -0.39 is 0 Å². The van der Waals surface area contributed by atoms with Crippen LogP contribution in [0.3, 0.4) is 0 Å². The Kier molecular flexibility index (Phi) is 3.54. The average Bonchev–Trinajstić information content (AvgIpc) is 3.05. The Morgan fingerprint density at radius 2 is 2.32 bits per heavy atom. The largest absolute Gasteiger partial charge is 0.368 e.